The molecule has 3 heteroatoms. The maximum atomic E-state index is 9.91. The minimum Gasteiger partial charge on any atom is -0.390 e. The van der Waals surface area contributed by atoms with Crippen LogP contribution in [0.25, 0.3) is 0 Å². The number of ether oxygens (including phenoxy) is 1. The van der Waals surface area contributed by atoms with Crippen LogP contribution in [-0.2, 0) is 4.74 Å². The second-order valence-corrected chi connectivity index (χ2v) is 4.47. The van der Waals surface area contributed by atoms with Crippen molar-refractivity contribution in [2.24, 2.45) is 5.92 Å². The van der Waals surface area contributed by atoms with Gasteiger partial charge in [0.2, 0.25) is 0 Å². The quantitative estimate of drug-likeness (QED) is 0.707. The number of hydrogen-bond donors (Lipinski definition) is 1. The van der Waals surface area contributed by atoms with Crippen molar-refractivity contribution in [3.63, 3.8) is 0 Å². The van der Waals surface area contributed by atoms with E-state index >= 15 is 0 Å². The molecule has 0 aromatic carbocycles. The molecule has 2 atom stereocenters. The lowest BCUT2D eigenvalue weighted by atomic mass is 9.93. The van der Waals surface area contributed by atoms with Crippen molar-refractivity contribution >= 4 is 0 Å². The van der Waals surface area contributed by atoms with Crippen molar-refractivity contribution in [1.82, 2.24) is 4.90 Å². The highest BCUT2D eigenvalue weighted by atomic mass is 16.5. The zero-order valence-electron chi connectivity index (χ0n) is 9.08. The maximum Gasteiger partial charge on any atom is 0.0888 e. The molecule has 0 aromatic heterocycles. The summed E-state index contributed by atoms with van der Waals surface area (Å²) in [5.74, 6) is 0.264. The van der Waals surface area contributed by atoms with Crippen LogP contribution in [0, 0.1) is 5.92 Å². The first kappa shape index (κ1) is 11.0. The molecule has 1 aliphatic heterocycles. The summed E-state index contributed by atoms with van der Waals surface area (Å²) in [7, 11) is 2.07. The van der Waals surface area contributed by atoms with Gasteiger partial charge in [-0.15, -0.1) is 0 Å². The van der Waals surface area contributed by atoms with Crippen LogP contribution in [0.4, 0.5) is 0 Å². The molecule has 78 valence electrons. The molecule has 0 saturated carbocycles. The molecule has 1 N–H and O–H groups in total. The number of nitrogens with zero attached hydrogens (tertiary/aromatic N) is 1. The van der Waals surface area contributed by atoms with E-state index in [2.05, 4.69) is 18.9 Å². The molecule has 2 unspecified atom stereocenters. The third kappa shape index (κ3) is 2.42. The van der Waals surface area contributed by atoms with E-state index in [-0.39, 0.29) is 17.6 Å². The fourth-order valence-corrected chi connectivity index (χ4v) is 1.75. The molecular formula is C10H21NO2. The molecule has 0 aliphatic carbocycles. The molecule has 13 heavy (non-hydrogen) atoms. The molecular weight excluding hydrogens is 166 g/mol. The fraction of sp³-hybridized carbons (Fsp3) is 1.00. The van der Waals surface area contributed by atoms with Gasteiger partial charge in [0.1, 0.15) is 0 Å². The molecule has 0 amide bonds. The standard InChI is InChI=1S/C10H21NO2/c1-5-11(4)6-8-7-13-10(2,3)9(8)12/h8-9,12H,5-7H2,1-4H3. The first-order valence-electron chi connectivity index (χ1n) is 4.98. The third-order valence-electron chi connectivity index (χ3n) is 2.91. The number of rotatable bonds is 3. The Morgan fingerprint density at radius 1 is 1.54 bits per heavy atom. The summed E-state index contributed by atoms with van der Waals surface area (Å²) >= 11 is 0. The van der Waals surface area contributed by atoms with Crippen molar-refractivity contribution in [2.45, 2.75) is 32.5 Å². The summed E-state index contributed by atoms with van der Waals surface area (Å²) in [6, 6.07) is 0. The third-order valence-corrected chi connectivity index (χ3v) is 2.91. The number of aliphatic hydroxyl groups is 1. The van der Waals surface area contributed by atoms with Gasteiger partial charge in [-0.25, -0.2) is 0 Å². The highest BCUT2D eigenvalue weighted by Crippen LogP contribution is 2.29. The van der Waals surface area contributed by atoms with Gasteiger partial charge in [0.05, 0.1) is 18.3 Å². The smallest absolute Gasteiger partial charge is 0.0888 e. The van der Waals surface area contributed by atoms with Crippen LogP contribution in [0.2, 0.25) is 0 Å². The van der Waals surface area contributed by atoms with Gasteiger partial charge in [-0.2, -0.15) is 0 Å². The van der Waals surface area contributed by atoms with Crippen molar-refractivity contribution in [3.8, 4) is 0 Å². The van der Waals surface area contributed by atoms with E-state index in [1.54, 1.807) is 0 Å². The van der Waals surface area contributed by atoms with E-state index in [9.17, 15) is 5.11 Å². The Kier molecular flexibility index (Phi) is 3.33. The molecule has 0 spiro atoms. The molecule has 0 radical (unpaired) electrons. The maximum absolute atomic E-state index is 9.91. The van der Waals surface area contributed by atoms with Crippen molar-refractivity contribution in [2.75, 3.05) is 26.7 Å². The van der Waals surface area contributed by atoms with Crippen LogP contribution < -0.4 is 0 Å². The molecule has 0 aromatic rings. The monoisotopic (exact) mass is 187 g/mol. The van der Waals surface area contributed by atoms with Gasteiger partial charge in [-0.1, -0.05) is 6.92 Å². The molecule has 3 nitrogen and oxygen atoms in total. The average molecular weight is 187 g/mol. The van der Waals surface area contributed by atoms with Crippen LogP contribution in [0.1, 0.15) is 20.8 Å². The second kappa shape index (κ2) is 3.95. The van der Waals surface area contributed by atoms with Crippen molar-refractivity contribution in [1.29, 1.82) is 0 Å². The Bertz CT molecular complexity index is 170. The Morgan fingerprint density at radius 3 is 2.54 bits per heavy atom. The molecule has 1 fully saturated rings. The van der Waals surface area contributed by atoms with E-state index in [0.29, 0.717) is 6.61 Å². The Morgan fingerprint density at radius 2 is 2.15 bits per heavy atom. The molecule has 1 rings (SSSR count). The first-order chi connectivity index (χ1) is 5.97. The van der Waals surface area contributed by atoms with E-state index < -0.39 is 0 Å². The zero-order valence-corrected chi connectivity index (χ0v) is 9.08. The summed E-state index contributed by atoms with van der Waals surface area (Å²) in [6.45, 7) is 8.63. The van der Waals surface area contributed by atoms with E-state index in [4.69, 9.17) is 4.74 Å². The van der Waals surface area contributed by atoms with Crippen LogP contribution in [-0.4, -0.2) is 48.5 Å². The summed E-state index contributed by atoms with van der Waals surface area (Å²) in [5, 5.41) is 9.91. The van der Waals surface area contributed by atoms with Gasteiger partial charge in [0.15, 0.2) is 0 Å². The molecule has 1 aliphatic rings. The normalized spacial score (nSPS) is 32.8. The van der Waals surface area contributed by atoms with Gasteiger partial charge in [0, 0.05) is 12.5 Å². The summed E-state index contributed by atoms with van der Waals surface area (Å²) in [4.78, 5) is 2.21. The van der Waals surface area contributed by atoms with Gasteiger partial charge >= 0.3 is 0 Å². The van der Waals surface area contributed by atoms with Gasteiger partial charge in [-0.05, 0) is 27.4 Å². The van der Waals surface area contributed by atoms with Gasteiger partial charge in [0.25, 0.3) is 0 Å². The lowest BCUT2D eigenvalue weighted by molar-refractivity contribution is -0.0318. The topological polar surface area (TPSA) is 32.7 Å². The van der Waals surface area contributed by atoms with Crippen LogP contribution in [0.15, 0.2) is 0 Å². The van der Waals surface area contributed by atoms with Crippen LogP contribution >= 0.6 is 0 Å². The van der Waals surface area contributed by atoms with Gasteiger partial charge < -0.3 is 14.7 Å². The van der Waals surface area contributed by atoms with Crippen LogP contribution in [0.3, 0.4) is 0 Å². The molecule has 1 heterocycles. The lowest BCUT2D eigenvalue weighted by Crippen LogP contribution is -2.39. The summed E-state index contributed by atoms with van der Waals surface area (Å²) < 4.78 is 5.53. The van der Waals surface area contributed by atoms with E-state index in [0.717, 1.165) is 13.1 Å². The minimum atomic E-state index is -0.362. The first-order valence-corrected chi connectivity index (χ1v) is 4.98. The zero-order chi connectivity index (χ0) is 10.1. The molecule has 1 saturated heterocycles. The Labute approximate surface area is 80.7 Å². The molecule has 0 bridgehead atoms. The van der Waals surface area contributed by atoms with E-state index in [1.165, 1.54) is 0 Å². The highest BCUT2D eigenvalue weighted by Gasteiger charge is 2.42. The predicted molar refractivity (Wildman–Crippen MR) is 52.7 cm³/mol. The van der Waals surface area contributed by atoms with Gasteiger partial charge in [-0.3, -0.25) is 0 Å². The number of aliphatic hydroxyl groups excluding tert-OH is 1. The average Bonchev–Trinajstić information content (AvgIpc) is 2.32. The second-order valence-electron chi connectivity index (χ2n) is 4.47. The summed E-state index contributed by atoms with van der Waals surface area (Å²) in [6.07, 6.45) is -0.332. The predicted octanol–water partition coefficient (Wildman–Crippen LogP) is 0.724. The van der Waals surface area contributed by atoms with Crippen molar-refractivity contribution < 1.29 is 9.84 Å². The fourth-order valence-electron chi connectivity index (χ4n) is 1.75. The van der Waals surface area contributed by atoms with Crippen molar-refractivity contribution in [3.05, 3.63) is 0 Å². The van der Waals surface area contributed by atoms with Crippen LogP contribution in [0.5, 0.6) is 0 Å². The summed E-state index contributed by atoms with van der Waals surface area (Å²) in [5.41, 5.74) is -0.362. The highest BCUT2D eigenvalue weighted by molar-refractivity contribution is 4.91. The lowest BCUT2D eigenvalue weighted by Gasteiger charge is -2.25. The Hall–Kier alpha value is -0.120. The minimum absolute atomic E-state index is 0.264. The SMILES string of the molecule is CCN(C)CC1COC(C)(C)C1O. The number of hydrogen-bond acceptors (Lipinski definition) is 3. The largest absolute Gasteiger partial charge is 0.390 e. The van der Waals surface area contributed by atoms with E-state index in [1.807, 2.05) is 13.8 Å². The Balaban J connectivity index is 2.46.